The maximum Gasteiger partial charge on any atom is 0.296 e. The van der Waals surface area contributed by atoms with E-state index in [0.717, 1.165) is 5.56 Å². The van der Waals surface area contributed by atoms with Gasteiger partial charge in [-0.3, -0.25) is 24.7 Å². The first-order chi connectivity index (χ1) is 15.9. The van der Waals surface area contributed by atoms with Gasteiger partial charge < -0.3 is 14.7 Å². The van der Waals surface area contributed by atoms with E-state index in [1.807, 2.05) is 0 Å². The van der Waals surface area contributed by atoms with Crippen LogP contribution in [0.2, 0.25) is 0 Å². The molecule has 0 radical (unpaired) electrons. The molecule has 1 unspecified atom stereocenters. The quantitative estimate of drug-likeness (QED) is 0.202. The average molecular weight is 445 g/mol. The number of hydrogen-bond donors (Lipinski definition) is 1. The monoisotopic (exact) mass is 445 g/mol. The molecule has 0 bridgehead atoms. The number of pyridine rings is 1. The molecule has 0 spiro atoms. The van der Waals surface area contributed by atoms with E-state index >= 15 is 0 Å². The van der Waals surface area contributed by atoms with Crippen LogP contribution in [-0.4, -0.2) is 38.7 Å². The minimum Gasteiger partial charge on any atom is -0.507 e. The average Bonchev–Trinajstić information content (AvgIpc) is 3.09. The molecule has 1 aliphatic heterocycles. The van der Waals surface area contributed by atoms with Gasteiger partial charge in [-0.1, -0.05) is 18.2 Å². The molecule has 3 aromatic rings. The smallest absolute Gasteiger partial charge is 0.296 e. The van der Waals surface area contributed by atoms with E-state index in [9.17, 15) is 24.8 Å². The van der Waals surface area contributed by atoms with Crippen LogP contribution in [0.5, 0.6) is 5.75 Å². The van der Waals surface area contributed by atoms with Crippen molar-refractivity contribution in [2.45, 2.75) is 12.6 Å². The predicted octanol–water partition coefficient (Wildman–Crippen LogP) is 3.62. The van der Waals surface area contributed by atoms with Crippen molar-refractivity contribution in [3.05, 3.63) is 105 Å². The van der Waals surface area contributed by atoms with Crippen LogP contribution in [0.25, 0.3) is 5.76 Å². The van der Waals surface area contributed by atoms with Crippen molar-refractivity contribution in [3.8, 4) is 5.75 Å². The topological polar surface area (TPSA) is 123 Å². The number of non-ortho nitro benzene ring substituents is 1. The van der Waals surface area contributed by atoms with E-state index in [0.29, 0.717) is 11.4 Å². The lowest BCUT2D eigenvalue weighted by Gasteiger charge is -2.24. The number of aromatic nitrogens is 1. The molecule has 1 atom stereocenters. The summed E-state index contributed by atoms with van der Waals surface area (Å²) in [5, 5.41) is 21.9. The number of ether oxygens (including phenoxy) is 1. The summed E-state index contributed by atoms with van der Waals surface area (Å²) in [7, 11) is 1.53. The second-order valence-corrected chi connectivity index (χ2v) is 7.34. The number of rotatable bonds is 6. The number of Topliss-reactive ketones (excluding diaryl/α,β-unsaturated/α-hetero) is 1. The van der Waals surface area contributed by atoms with Gasteiger partial charge in [0.05, 0.1) is 23.3 Å². The zero-order chi connectivity index (χ0) is 23.5. The number of methoxy groups -OCH3 is 1. The summed E-state index contributed by atoms with van der Waals surface area (Å²) in [6.07, 6.45) is 1.53. The lowest BCUT2D eigenvalue weighted by molar-refractivity contribution is -0.384. The fourth-order valence-corrected chi connectivity index (χ4v) is 3.75. The molecule has 166 valence electrons. The number of aliphatic hydroxyl groups is 1. The Morgan fingerprint density at radius 2 is 1.88 bits per heavy atom. The molecule has 1 N–H and O–H groups in total. The minimum absolute atomic E-state index is 0.0834. The fraction of sp³-hybridized carbons (Fsp3) is 0.125. The van der Waals surface area contributed by atoms with Gasteiger partial charge in [-0.25, -0.2) is 0 Å². The third kappa shape index (κ3) is 4.16. The van der Waals surface area contributed by atoms with Gasteiger partial charge in [0.25, 0.3) is 17.4 Å². The molecule has 1 fully saturated rings. The van der Waals surface area contributed by atoms with Crippen LogP contribution < -0.4 is 4.74 Å². The van der Waals surface area contributed by atoms with Crippen LogP contribution in [0.15, 0.2) is 78.5 Å². The first-order valence-corrected chi connectivity index (χ1v) is 9.98. The van der Waals surface area contributed by atoms with E-state index in [1.54, 1.807) is 42.5 Å². The number of carbonyl (C=O) groups excluding carboxylic acids is 2. The Morgan fingerprint density at radius 1 is 1.12 bits per heavy atom. The molecule has 2 aromatic carbocycles. The fourth-order valence-electron chi connectivity index (χ4n) is 3.75. The van der Waals surface area contributed by atoms with Crippen molar-refractivity contribution in [2.75, 3.05) is 7.11 Å². The summed E-state index contributed by atoms with van der Waals surface area (Å²) in [6.45, 7) is 0.0834. The summed E-state index contributed by atoms with van der Waals surface area (Å²) in [4.78, 5) is 42.1. The van der Waals surface area contributed by atoms with Crippen molar-refractivity contribution < 1.29 is 24.4 Å². The highest BCUT2D eigenvalue weighted by atomic mass is 16.6. The third-order valence-electron chi connectivity index (χ3n) is 5.35. The number of benzene rings is 2. The molecule has 4 rings (SSSR count). The van der Waals surface area contributed by atoms with Crippen LogP contribution in [0, 0.1) is 10.1 Å². The van der Waals surface area contributed by atoms with Crippen molar-refractivity contribution in [2.24, 2.45) is 0 Å². The lowest BCUT2D eigenvalue weighted by Crippen LogP contribution is -2.29. The van der Waals surface area contributed by atoms with Gasteiger partial charge in [-0.2, -0.15) is 0 Å². The number of carbonyl (C=O) groups is 2. The maximum atomic E-state index is 13.0. The van der Waals surface area contributed by atoms with Gasteiger partial charge in [-0.05, 0) is 42.0 Å². The number of nitro groups is 1. The summed E-state index contributed by atoms with van der Waals surface area (Å²) >= 11 is 0. The summed E-state index contributed by atoms with van der Waals surface area (Å²) in [6, 6.07) is 16.4. The number of nitrogens with zero attached hydrogens (tertiary/aromatic N) is 3. The van der Waals surface area contributed by atoms with E-state index in [1.165, 1.54) is 42.5 Å². The van der Waals surface area contributed by atoms with Crippen molar-refractivity contribution >= 4 is 23.1 Å². The summed E-state index contributed by atoms with van der Waals surface area (Å²) in [5.41, 5.74) is 1.03. The van der Waals surface area contributed by atoms with Crippen molar-refractivity contribution in [3.63, 3.8) is 0 Å². The number of ketones is 1. The van der Waals surface area contributed by atoms with E-state index in [4.69, 9.17) is 4.74 Å². The second-order valence-electron chi connectivity index (χ2n) is 7.34. The van der Waals surface area contributed by atoms with E-state index in [-0.39, 0.29) is 23.4 Å². The molecule has 2 heterocycles. The van der Waals surface area contributed by atoms with Crippen LogP contribution in [-0.2, 0) is 16.1 Å². The Morgan fingerprint density at radius 3 is 2.52 bits per heavy atom. The van der Waals surface area contributed by atoms with Crippen LogP contribution in [0.1, 0.15) is 22.9 Å². The van der Waals surface area contributed by atoms with E-state index < -0.39 is 28.4 Å². The van der Waals surface area contributed by atoms with Gasteiger partial charge in [-0.15, -0.1) is 0 Å². The number of amides is 1. The standard InChI is InChI=1S/C24H19N3O6/c1-33-18-6-4-5-15(13-18)14-26-21(19-7-2-3-12-25-19)20(23(29)24(26)30)22(28)16-8-10-17(11-9-16)27(31)32/h2-13,21,28H,14H2,1H3/b22-20-. The largest absolute Gasteiger partial charge is 0.507 e. The number of aliphatic hydroxyl groups excluding tert-OH is 1. The van der Waals surface area contributed by atoms with Crippen LogP contribution in [0.4, 0.5) is 5.69 Å². The Balaban J connectivity index is 1.81. The molecule has 9 heteroatoms. The van der Waals surface area contributed by atoms with Gasteiger partial charge in [0.15, 0.2) is 0 Å². The molecule has 9 nitrogen and oxygen atoms in total. The van der Waals surface area contributed by atoms with E-state index in [2.05, 4.69) is 4.98 Å². The molecule has 1 amide bonds. The van der Waals surface area contributed by atoms with Crippen molar-refractivity contribution in [1.29, 1.82) is 0 Å². The Bertz CT molecular complexity index is 1250. The lowest BCUT2D eigenvalue weighted by atomic mass is 9.98. The zero-order valence-corrected chi connectivity index (χ0v) is 17.5. The second kappa shape index (κ2) is 8.91. The predicted molar refractivity (Wildman–Crippen MR) is 118 cm³/mol. The minimum atomic E-state index is -0.937. The Kier molecular flexibility index (Phi) is 5.86. The van der Waals surface area contributed by atoms with Gasteiger partial charge in [0, 0.05) is 30.4 Å². The highest BCUT2D eigenvalue weighted by Crippen LogP contribution is 2.39. The summed E-state index contributed by atoms with van der Waals surface area (Å²) < 4.78 is 5.24. The number of likely N-dealkylation sites (tertiary alicyclic amines) is 1. The molecule has 1 aliphatic rings. The zero-order valence-electron chi connectivity index (χ0n) is 17.5. The molecular weight excluding hydrogens is 426 g/mol. The molecular formula is C24H19N3O6. The molecule has 33 heavy (non-hydrogen) atoms. The molecule has 0 saturated carbocycles. The normalized spacial score (nSPS) is 17.2. The summed E-state index contributed by atoms with van der Waals surface area (Å²) in [5.74, 6) is -1.46. The maximum absolute atomic E-state index is 13.0. The molecule has 1 aromatic heterocycles. The highest BCUT2D eigenvalue weighted by molar-refractivity contribution is 6.46. The number of nitro benzene ring substituents is 1. The third-order valence-corrected chi connectivity index (χ3v) is 5.35. The van der Waals surface area contributed by atoms with Gasteiger partial charge in [0.1, 0.15) is 17.6 Å². The SMILES string of the molecule is COc1cccc(CN2C(=O)C(=O)/C(=C(\O)c3ccc([N+](=O)[O-])cc3)C2c2ccccn2)c1. The first kappa shape index (κ1) is 21.7. The van der Waals surface area contributed by atoms with Crippen molar-refractivity contribution in [1.82, 2.24) is 9.88 Å². The Labute approximate surface area is 188 Å². The molecule has 1 saturated heterocycles. The molecule has 0 aliphatic carbocycles. The number of hydrogen-bond acceptors (Lipinski definition) is 7. The first-order valence-electron chi connectivity index (χ1n) is 9.98. The Hall–Kier alpha value is -4.53. The van der Waals surface area contributed by atoms with Gasteiger partial charge >= 0.3 is 0 Å². The van der Waals surface area contributed by atoms with Crippen LogP contribution >= 0.6 is 0 Å². The highest BCUT2D eigenvalue weighted by Gasteiger charge is 2.46. The van der Waals surface area contributed by atoms with Gasteiger partial charge in [0.2, 0.25) is 0 Å². The van der Waals surface area contributed by atoms with Crippen LogP contribution in [0.3, 0.4) is 0 Å².